The second kappa shape index (κ2) is 20.9. The molecule has 0 radical (unpaired) electrons. The molecule has 0 saturated carbocycles. The van der Waals surface area contributed by atoms with E-state index in [9.17, 15) is 22.6 Å². The number of allylic oxidation sites excluding steroid dienone is 6. The van der Waals surface area contributed by atoms with Gasteiger partial charge in [-0.15, -0.1) is 4.33 Å². The summed E-state index contributed by atoms with van der Waals surface area (Å²) in [5.74, 6) is -1.03. The van der Waals surface area contributed by atoms with Gasteiger partial charge in [0, 0.05) is 95.8 Å². The third-order valence-corrected chi connectivity index (χ3v) is 13.9. The van der Waals surface area contributed by atoms with Gasteiger partial charge in [0.1, 0.15) is 6.54 Å². The number of carbonyl (C=O) groups is 2. The van der Waals surface area contributed by atoms with Crippen LogP contribution in [0.25, 0.3) is 27.1 Å². The van der Waals surface area contributed by atoms with E-state index in [1.54, 1.807) is 12.3 Å². The molecule has 7 rings (SSSR count). The van der Waals surface area contributed by atoms with Gasteiger partial charge in [0.2, 0.25) is 5.69 Å². The Morgan fingerprint density at radius 1 is 0.879 bits per heavy atom. The van der Waals surface area contributed by atoms with E-state index in [2.05, 4.69) is 119 Å². The zero-order valence-electron chi connectivity index (χ0n) is 37.7. The summed E-state index contributed by atoms with van der Waals surface area (Å²) in [7, 11) is -4.43. The molecule has 2 aliphatic rings. The van der Waals surface area contributed by atoms with Crippen molar-refractivity contribution in [2.75, 3.05) is 36.0 Å². The van der Waals surface area contributed by atoms with Crippen LogP contribution >= 0.6 is 12.0 Å². The molecule has 3 N–H and O–H groups in total. The number of pyridine rings is 1. The smallest absolute Gasteiger partial charge is 0.303 e. The van der Waals surface area contributed by atoms with Crippen molar-refractivity contribution in [1.29, 1.82) is 0 Å². The van der Waals surface area contributed by atoms with Crippen molar-refractivity contribution in [3.05, 3.63) is 144 Å². The van der Waals surface area contributed by atoms with Crippen molar-refractivity contribution < 1.29 is 46.9 Å². The summed E-state index contributed by atoms with van der Waals surface area (Å²) < 4.78 is 42.2. The van der Waals surface area contributed by atoms with Gasteiger partial charge in [-0.25, -0.2) is 13.7 Å². The van der Waals surface area contributed by atoms with E-state index in [0.717, 1.165) is 67.5 Å². The highest BCUT2D eigenvalue weighted by Crippen LogP contribution is 2.51. The summed E-state index contributed by atoms with van der Waals surface area (Å²) in [5.41, 5.74) is 7.11. The summed E-state index contributed by atoms with van der Waals surface area (Å²) in [6.07, 6.45) is 12.6. The van der Waals surface area contributed by atoms with Gasteiger partial charge in [-0.2, -0.15) is 4.58 Å². The van der Waals surface area contributed by atoms with Gasteiger partial charge in [0.25, 0.3) is 5.91 Å². The Kier molecular flexibility index (Phi) is 15.3. The van der Waals surface area contributed by atoms with Crippen LogP contribution in [0, 0.1) is 0 Å². The van der Waals surface area contributed by atoms with Crippen LogP contribution in [0.3, 0.4) is 0 Å². The second-order valence-electron chi connectivity index (χ2n) is 17.6. The van der Waals surface area contributed by atoms with Crippen molar-refractivity contribution in [1.82, 2.24) is 10.3 Å². The zero-order valence-corrected chi connectivity index (χ0v) is 39.3. The van der Waals surface area contributed by atoms with E-state index >= 15 is 0 Å². The highest BCUT2D eigenvalue weighted by Gasteiger charge is 2.45. The molecule has 0 unspecified atom stereocenters. The summed E-state index contributed by atoms with van der Waals surface area (Å²) in [6.45, 7) is 10.1. The summed E-state index contributed by atoms with van der Waals surface area (Å²) >= 11 is 1.02. The molecule has 3 heterocycles. The van der Waals surface area contributed by atoms with Gasteiger partial charge in [0.15, 0.2) is 5.71 Å². The minimum absolute atomic E-state index is 0.0971. The van der Waals surface area contributed by atoms with Crippen LogP contribution in [-0.4, -0.2) is 81.6 Å². The lowest BCUT2D eigenvalue weighted by atomic mass is 9.79. The van der Waals surface area contributed by atoms with Gasteiger partial charge in [-0.1, -0.05) is 86.0 Å². The van der Waals surface area contributed by atoms with E-state index in [1.807, 2.05) is 36.4 Å². The monoisotopic (exact) mass is 932 g/mol. The Balaban J connectivity index is 1.31. The number of benzene rings is 4. The van der Waals surface area contributed by atoms with Crippen LogP contribution in [0.4, 0.5) is 11.4 Å². The number of hydrogen-bond acceptors (Lipinski definition) is 11. The van der Waals surface area contributed by atoms with E-state index < -0.39 is 32.7 Å². The maximum atomic E-state index is 13.2. The number of nitrogens with one attached hydrogen (secondary N) is 1. The average Bonchev–Trinajstić information content (AvgIpc) is 3.65. The van der Waals surface area contributed by atoms with E-state index in [1.165, 1.54) is 5.56 Å². The van der Waals surface area contributed by atoms with Crippen LogP contribution in [0.5, 0.6) is 0 Å². The van der Waals surface area contributed by atoms with E-state index in [4.69, 9.17) is 15.3 Å². The molecule has 5 aromatic rings. The number of carbonyl (C=O) groups excluding carboxylic acids is 1. The maximum absolute atomic E-state index is 13.2. The van der Waals surface area contributed by atoms with Gasteiger partial charge in [0.05, 0.1) is 26.8 Å². The Morgan fingerprint density at radius 3 is 2.27 bits per heavy atom. The highest BCUT2D eigenvalue weighted by atomic mass is 32.2. The van der Waals surface area contributed by atoms with Crippen molar-refractivity contribution in [3.63, 3.8) is 0 Å². The Hall–Kier alpha value is -5.68. The summed E-state index contributed by atoms with van der Waals surface area (Å²) in [6, 6.07) is 28.6. The average molecular weight is 933 g/mol. The fourth-order valence-corrected chi connectivity index (χ4v) is 10.3. The molecule has 1 aromatic heterocycles. The number of nitrogens with zero attached hydrogens (tertiary/aromatic N) is 3. The maximum Gasteiger partial charge on any atom is 0.303 e. The fraction of sp³-hybridized carbons (Fsp3) is 0.333. The van der Waals surface area contributed by atoms with E-state index in [-0.39, 0.29) is 18.7 Å². The van der Waals surface area contributed by atoms with Gasteiger partial charge in [-0.3, -0.25) is 14.6 Å². The standard InChI is InChI=1S/C51H56N4O9S2/c1-50(2)44(54(30-12-32-65-64-63-59)42-25-20-35-14-7-9-16-39(35)47(42)50)27-22-37(41-24-19-38(34-53-41)49(58)52-29-11-5-6-18-46(56)57)23-28-45-51(3,4)48-40-17-10-8-15-36(40)21-26-43(48)55(45)31-13-33-66(60,61)62/h7-10,14-17,19-28,34H,5-6,11-13,18,29-33H2,1-4H3,(H3-,52,56,57,58,59,60,61,62). The predicted molar refractivity (Wildman–Crippen MR) is 260 cm³/mol. The molecule has 4 aromatic carbocycles. The number of aliphatic carboxylic acids is 1. The Labute approximate surface area is 390 Å². The zero-order chi connectivity index (χ0) is 47.1. The normalized spacial score (nSPS) is 16.2. The lowest BCUT2D eigenvalue weighted by Crippen LogP contribution is -2.28. The SMILES string of the molecule is CC1(C)C(/C=C/C(=C/C=C2/N(CCCSOOO)c3ccc4ccccc4c3C2(C)C)c2ccc(C(=O)NCCCCCC(=O)O)cn2)=[N+](CCCS(=O)(=O)[O-])c2ccc3ccccc3c21. The first-order valence-electron chi connectivity index (χ1n) is 22.2. The van der Waals surface area contributed by atoms with Crippen molar-refractivity contribution in [2.24, 2.45) is 0 Å². The van der Waals surface area contributed by atoms with Gasteiger partial charge >= 0.3 is 5.97 Å². The predicted octanol–water partition coefficient (Wildman–Crippen LogP) is 9.86. The van der Waals surface area contributed by atoms with Crippen molar-refractivity contribution >= 4 is 78.2 Å². The number of anilines is 1. The molecule has 2 aliphatic heterocycles. The van der Waals surface area contributed by atoms with Crippen LogP contribution < -0.4 is 10.2 Å². The van der Waals surface area contributed by atoms with Crippen molar-refractivity contribution in [2.45, 2.75) is 77.0 Å². The molecule has 13 nitrogen and oxygen atoms in total. The molecule has 346 valence electrons. The Morgan fingerprint density at radius 2 is 1.59 bits per heavy atom. The lowest BCUT2D eigenvalue weighted by molar-refractivity contribution is -0.437. The molecule has 15 heteroatoms. The van der Waals surface area contributed by atoms with Crippen LogP contribution in [0.15, 0.2) is 121 Å². The molecule has 0 atom stereocenters. The van der Waals surface area contributed by atoms with Gasteiger partial charge in [-0.05, 0) is 96.6 Å². The third kappa shape index (κ3) is 10.8. The minimum Gasteiger partial charge on any atom is -0.748 e. The third-order valence-electron chi connectivity index (χ3n) is 12.5. The number of unbranched alkanes of at least 4 members (excludes halogenated alkanes) is 2. The first-order chi connectivity index (χ1) is 31.6. The molecule has 0 spiro atoms. The summed E-state index contributed by atoms with van der Waals surface area (Å²) in [4.78, 5) is 31.2. The quantitative estimate of drug-likeness (QED) is 0.0121. The highest BCUT2D eigenvalue weighted by molar-refractivity contribution is 7.94. The number of amides is 1. The molecule has 66 heavy (non-hydrogen) atoms. The number of carboxylic acids is 1. The number of rotatable bonds is 21. The van der Waals surface area contributed by atoms with E-state index in [0.29, 0.717) is 62.3 Å². The molecular weight excluding hydrogens is 877 g/mol. The number of carboxylic acid groups (broad SMARTS) is 1. The van der Waals surface area contributed by atoms with Gasteiger partial charge < -0.3 is 19.9 Å². The summed E-state index contributed by atoms with van der Waals surface area (Å²) in [5, 5.41) is 28.9. The molecule has 0 saturated heterocycles. The molecule has 0 aliphatic carbocycles. The van der Waals surface area contributed by atoms with Crippen molar-refractivity contribution in [3.8, 4) is 0 Å². The molecular formula is C51H56N4O9S2. The Bertz CT molecular complexity index is 2850. The first-order valence-corrected chi connectivity index (χ1v) is 24.7. The number of fused-ring (bicyclic) bond motifs is 6. The minimum atomic E-state index is -4.43. The second-order valence-corrected chi connectivity index (χ2v) is 19.9. The number of hydrogen-bond donors (Lipinski definition) is 3. The molecule has 0 fully saturated rings. The van der Waals surface area contributed by atoms with Crippen LogP contribution in [-0.2, 0) is 35.1 Å². The largest absolute Gasteiger partial charge is 0.748 e. The topological polar surface area (TPSA) is 181 Å². The molecule has 1 amide bonds. The first kappa shape index (κ1) is 48.3. The lowest BCUT2D eigenvalue weighted by Gasteiger charge is -2.27. The van der Waals surface area contributed by atoms with Crippen LogP contribution in [0.1, 0.15) is 93.4 Å². The number of aromatic nitrogens is 1. The molecule has 0 bridgehead atoms. The van der Waals surface area contributed by atoms with Crippen LogP contribution in [0.2, 0.25) is 0 Å². The fourth-order valence-electron chi connectivity index (χ4n) is 9.43.